The number of ether oxygens (including phenoxy) is 1. The second-order valence-electron chi connectivity index (χ2n) is 6.18. The van der Waals surface area contributed by atoms with Gasteiger partial charge in [0.15, 0.2) is 11.5 Å². The van der Waals surface area contributed by atoms with Crippen LogP contribution in [0.15, 0.2) is 65.1 Å². The maximum Gasteiger partial charge on any atom is 0.325 e. The Labute approximate surface area is 165 Å². The van der Waals surface area contributed by atoms with E-state index in [1.807, 2.05) is 30.3 Å². The highest BCUT2D eigenvalue weighted by Crippen LogP contribution is 2.34. The molecule has 142 valence electrons. The van der Waals surface area contributed by atoms with Crippen molar-refractivity contribution in [1.82, 2.24) is 10.1 Å². The van der Waals surface area contributed by atoms with Gasteiger partial charge in [0.2, 0.25) is 5.16 Å². The molecular weight excluding hydrogens is 376 g/mol. The van der Waals surface area contributed by atoms with Gasteiger partial charge < -0.3 is 15.2 Å². The minimum atomic E-state index is -0.466. The maximum atomic E-state index is 12.9. The van der Waals surface area contributed by atoms with Gasteiger partial charge in [-0.1, -0.05) is 30.0 Å². The summed E-state index contributed by atoms with van der Waals surface area (Å²) in [4.78, 5) is 15.7. The van der Waals surface area contributed by atoms with Crippen LogP contribution < -0.4 is 20.3 Å². The Morgan fingerprint density at radius 1 is 1.36 bits per heavy atom. The molecule has 3 N–H and O–H groups in total. The van der Waals surface area contributed by atoms with Gasteiger partial charge in [-0.15, -0.1) is 6.58 Å². The Morgan fingerprint density at radius 2 is 2.18 bits per heavy atom. The van der Waals surface area contributed by atoms with Crippen LogP contribution in [0, 0.1) is 0 Å². The number of benzene rings is 2. The number of aromatic nitrogens is 3. The zero-order chi connectivity index (χ0) is 19.7. The van der Waals surface area contributed by atoms with Crippen LogP contribution in [0.5, 0.6) is 11.5 Å². The number of fused-ring (bicyclic) bond motifs is 3. The molecule has 0 radical (unpaired) electrons. The van der Waals surface area contributed by atoms with Crippen LogP contribution >= 0.6 is 11.8 Å². The molecule has 0 aliphatic carbocycles. The topological polar surface area (TPSA) is 91.1 Å². The summed E-state index contributed by atoms with van der Waals surface area (Å²) in [7, 11) is 1.50. The summed E-state index contributed by atoms with van der Waals surface area (Å²) < 4.78 is 6.80. The van der Waals surface area contributed by atoms with Gasteiger partial charge in [-0.2, -0.15) is 0 Å². The van der Waals surface area contributed by atoms with Gasteiger partial charge in [-0.05, 0) is 35.0 Å². The Bertz CT molecular complexity index is 1110. The van der Waals surface area contributed by atoms with E-state index in [0.29, 0.717) is 22.4 Å². The molecule has 1 aliphatic rings. The first kappa shape index (κ1) is 18.1. The molecule has 2 heterocycles. The highest BCUT2D eigenvalue weighted by molar-refractivity contribution is 7.99. The van der Waals surface area contributed by atoms with Gasteiger partial charge in [-0.3, -0.25) is 9.78 Å². The number of nitrogens with zero attached hydrogens (tertiary/aromatic N) is 2. The van der Waals surface area contributed by atoms with E-state index in [4.69, 9.17) is 4.74 Å². The number of hydrogen-bond donors (Lipinski definition) is 3. The van der Waals surface area contributed by atoms with Gasteiger partial charge in [0.05, 0.1) is 18.4 Å². The van der Waals surface area contributed by atoms with Crippen molar-refractivity contribution in [3.8, 4) is 22.8 Å². The zero-order valence-electron chi connectivity index (χ0n) is 15.2. The molecule has 0 amide bonds. The van der Waals surface area contributed by atoms with E-state index >= 15 is 0 Å². The van der Waals surface area contributed by atoms with Crippen molar-refractivity contribution in [2.75, 3.05) is 18.2 Å². The van der Waals surface area contributed by atoms with Crippen LogP contribution in [0.3, 0.4) is 0 Å². The molecule has 3 aromatic rings. The fourth-order valence-corrected chi connectivity index (χ4v) is 3.78. The summed E-state index contributed by atoms with van der Waals surface area (Å²) in [5.41, 5.74) is 2.57. The summed E-state index contributed by atoms with van der Waals surface area (Å²) in [5, 5.41) is 18.8. The number of thioether (sulfide) groups is 1. The number of rotatable bonds is 5. The predicted molar refractivity (Wildman–Crippen MR) is 108 cm³/mol. The lowest BCUT2D eigenvalue weighted by Crippen LogP contribution is -2.55. The van der Waals surface area contributed by atoms with E-state index in [1.54, 1.807) is 22.9 Å². The third kappa shape index (κ3) is 3.11. The molecule has 1 aromatic heterocycles. The average Bonchev–Trinajstić information content (AvgIpc) is 2.71. The highest BCUT2D eigenvalue weighted by Gasteiger charge is 2.37. The monoisotopic (exact) mass is 395 g/mol. The lowest BCUT2D eigenvalue weighted by atomic mass is 10.0. The number of hydrogen-bond acceptors (Lipinski definition) is 6. The van der Waals surface area contributed by atoms with Crippen molar-refractivity contribution in [2.45, 2.75) is 11.3 Å². The molecule has 0 fully saturated rings. The Morgan fingerprint density at radius 3 is 2.93 bits per heavy atom. The third-order valence-corrected chi connectivity index (χ3v) is 5.30. The summed E-state index contributed by atoms with van der Waals surface area (Å²) in [5.74, 6) is 1.03. The number of methoxy groups -OCH3 is 1. The first-order valence-electron chi connectivity index (χ1n) is 8.65. The molecule has 0 saturated carbocycles. The molecule has 28 heavy (non-hydrogen) atoms. The van der Waals surface area contributed by atoms with Crippen LogP contribution in [0.25, 0.3) is 11.3 Å². The fraction of sp³-hybridized carbons (Fsp3) is 0.150. The largest absolute Gasteiger partial charge is 0.504 e. The summed E-state index contributed by atoms with van der Waals surface area (Å²) in [6.45, 7) is 3.70. The molecule has 0 spiro atoms. The number of aromatic hydroxyl groups is 1. The zero-order valence-corrected chi connectivity index (χ0v) is 16.0. The number of phenolic OH excluding ortho intramolecular Hbond substituents is 1. The van der Waals surface area contributed by atoms with Crippen molar-refractivity contribution >= 4 is 17.4 Å². The molecule has 1 atom stereocenters. The average molecular weight is 395 g/mol. The number of aromatic amines is 1. The van der Waals surface area contributed by atoms with E-state index in [1.165, 1.54) is 18.9 Å². The van der Waals surface area contributed by atoms with Gasteiger partial charge in [0, 0.05) is 16.4 Å². The van der Waals surface area contributed by atoms with E-state index in [0.717, 1.165) is 16.8 Å². The van der Waals surface area contributed by atoms with Gasteiger partial charge in [-0.25, -0.2) is 0 Å². The number of nitrogens with one attached hydrogen (secondary N) is 2. The number of para-hydroxylation sites is 1. The SMILES string of the molecule is C=CCSc1n[n+]2c(c(=O)[nH]1)-c1ccccc1N[C@@H]2c1ccc(OC)c(O)c1. The van der Waals surface area contributed by atoms with E-state index in [-0.39, 0.29) is 11.3 Å². The second kappa shape index (κ2) is 7.40. The van der Waals surface area contributed by atoms with Crippen molar-refractivity contribution in [2.24, 2.45) is 0 Å². The van der Waals surface area contributed by atoms with Crippen LogP contribution in [-0.4, -0.2) is 28.1 Å². The molecule has 0 unspecified atom stereocenters. The van der Waals surface area contributed by atoms with Crippen LogP contribution in [-0.2, 0) is 0 Å². The molecule has 8 heteroatoms. The Kier molecular flexibility index (Phi) is 4.79. The van der Waals surface area contributed by atoms with Crippen LogP contribution in [0.4, 0.5) is 5.69 Å². The van der Waals surface area contributed by atoms with Gasteiger partial charge in [0.25, 0.3) is 6.17 Å². The van der Waals surface area contributed by atoms with Crippen LogP contribution in [0.2, 0.25) is 0 Å². The molecule has 0 bridgehead atoms. The normalized spacial score (nSPS) is 14.5. The lowest BCUT2D eigenvalue weighted by Gasteiger charge is -2.22. The Balaban J connectivity index is 1.91. The predicted octanol–water partition coefficient (Wildman–Crippen LogP) is 2.69. The first-order valence-corrected chi connectivity index (χ1v) is 9.63. The van der Waals surface area contributed by atoms with Crippen molar-refractivity contribution in [3.05, 3.63) is 71.0 Å². The summed E-state index contributed by atoms with van der Waals surface area (Å²) in [6, 6.07) is 12.7. The van der Waals surface area contributed by atoms with Gasteiger partial charge >= 0.3 is 11.3 Å². The van der Waals surface area contributed by atoms with E-state index in [2.05, 4.69) is 22.0 Å². The summed E-state index contributed by atoms with van der Waals surface area (Å²) >= 11 is 1.39. The number of H-pyrrole nitrogens is 1. The van der Waals surface area contributed by atoms with Crippen molar-refractivity contribution in [1.29, 1.82) is 0 Å². The van der Waals surface area contributed by atoms with E-state index in [9.17, 15) is 9.90 Å². The molecule has 1 aliphatic heterocycles. The van der Waals surface area contributed by atoms with Crippen molar-refractivity contribution in [3.63, 3.8) is 0 Å². The molecule has 4 rings (SSSR count). The lowest BCUT2D eigenvalue weighted by molar-refractivity contribution is -0.759. The molecule has 2 aromatic carbocycles. The standard InChI is InChI=1S/C20H18N4O3S/c1-3-10-28-20-22-19(26)17-13-6-4-5-7-14(13)21-18(24(17)23-20)12-8-9-16(27-2)15(25)11-12/h3-9,11,18H,1,10H2,2H3,(H2,22,23,25,26)/p+1/t18-/m0/s1. The van der Waals surface area contributed by atoms with Gasteiger partial charge in [0.1, 0.15) is 0 Å². The second-order valence-corrected chi connectivity index (χ2v) is 7.18. The van der Waals surface area contributed by atoms with Crippen LogP contribution in [0.1, 0.15) is 11.7 Å². The fourth-order valence-electron chi connectivity index (χ4n) is 3.19. The molecular formula is C20H19N4O3S+. The number of phenols is 1. The minimum Gasteiger partial charge on any atom is -0.504 e. The molecule has 7 nitrogen and oxygen atoms in total. The molecule has 0 saturated heterocycles. The minimum absolute atomic E-state index is 0.0221. The summed E-state index contributed by atoms with van der Waals surface area (Å²) in [6.07, 6.45) is 1.29. The third-order valence-electron chi connectivity index (χ3n) is 4.44. The first-order chi connectivity index (χ1) is 13.6. The van der Waals surface area contributed by atoms with Crippen molar-refractivity contribution < 1.29 is 14.5 Å². The smallest absolute Gasteiger partial charge is 0.325 e. The highest BCUT2D eigenvalue weighted by atomic mass is 32.2. The maximum absolute atomic E-state index is 12.9. The van der Waals surface area contributed by atoms with E-state index < -0.39 is 6.17 Å². The Hall–Kier alpha value is -3.26. The number of anilines is 1. The quantitative estimate of drug-likeness (QED) is 0.350.